The minimum Gasteiger partial charge on any atom is -0.377 e. The molecule has 2 amide bonds. The van der Waals surface area contributed by atoms with Gasteiger partial charge >= 0.3 is 17.6 Å². The van der Waals surface area contributed by atoms with Gasteiger partial charge in [-0.15, -0.1) is 0 Å². The van der Waals surface area contributed by atoms with Crippen molar-refractivity contribution in [1.82, 2.24) is 10.6 Å². The second-order valence-electron chi connectivity index (χ2n) is 8.18. The van der Waals surface area contributed by atoms with E-state index in [1.807, 2.05) is 12.2 Å². The Labute approximate surface area is 219 Å². The van der Waals surface area contributed by atoms with Crippen molar-refractivity contribution in [2.45, 2.75) is 63.5 Å². The number of amides is 2. The van der Waals surface area contributed by atoms with E-state index in [4.69, 9.17) is 26.6 Å². The molecule has 12 heteroatoms. The molecule has 0 aliphatic heterocycles. The summed E-state index contributed by atoms with van der Waals surface area (Å²) in [6, 6.07) is 1.31. The van der Waals surface area contributed by atoms with E-state index in [2.05, 4.69) is 10.6 Å². The van der Waals surface area contributed by atoms with Gasteiger partial charge in [0.25, 0.3) is 0 Å². The van der Waals surface area contributed by atoms with Crippen molar-refractivity contribution in [3.63, 3.8) is 0 Å². The van der Waals surface area contributed by atoms with E-state index < -0.39 is 17.6 Å². The SMILES string of the molecule is CO[Si](CCCNC(=O)/C=C/CCCCCC/C=C/C(=O)NCCC[Si](OC)(OC)OC)(OC)OC. The first kappa shape index (κ1) is 34.6. The number of nitrogens with one attached hydrogen (secondary N) is 2. The molecular weight excluding hydrogens is 500 g/mol. The van der Waals surface area contributed by atoms with E-state index in [0.717, 1.165) is 51.4 Å². The Morgan fingerprint density at radius 1 is 0.556 bits per heavy atom. The van der Waals surface area contributed by atoms with Crippen molar-refractivity contribution >= 4 is 29.4 Å². The third kappa shape index (κ3) is 15.7. The molecule has 0 aliphatic carbocycles. The standard InChI is InChI=1S/C24H48N2O8Si2/c1-29-35(30-2,31-3)21-15-19-25-23(27)17-13-11-9-7-8-10-12-14-18-24(28)26-20-16-22-36(32-4,33-5)34-6/h13-14,17-18H,7-12,15-16,19-22H2,1-6H3,(H,25,27)(H,26,28)/b17-13+,18-14+. The molecule has 0 unspecified atom stereocenters. The molecule has 0 spiro atoms. The van der Waals surface area contributed by atoms with E-state index in [-0.39, 0.29) is 11.8 Å². The van der Waals surface area contributed by atoms with Gasteiger partial charge in [0, 0.05) is 67.8 Å². The lowest BCUT2D eigenvalue weighted by Crippen LogP contribution is -2.43. The van der Waals surface area contributed by atoms with Crippen LogP contribution in [0.3, 0.4) is 0 Å². The third-order valence-electron chi connectivity index (χ3n) is 5.81. The number of rotatable bonds is 23. The molecule has 0 fully saturated rings. The van der Waals surface area contributed by atoms with Crippen LogP contribution in [-0.2, 0) is 36.1 Å². The molecule has 0 bridgehead atoms. The van der Waals surface area contributed by atoms with Crippen molar-refractivity contribution in [2.24, 2.45) is 0 Å². The topological polar surface area (TPSA) is 114 Å². The largest absolute Gasteiger partial charge is 0.500 e. The first-order valence-corrected chi connectivity index (χ1v) is 16.4. The number of carbonyl (C=O) groups is 2. The summed E-state index contributed by atoms with van der Waals surface area (Å²) in [5.41, 5.74) is 0. The molecule has 0 aromatic carbocycles. The molecule has 0 saturated heterocycles. The van der Waals surface area contributed by atoms with Crippen LogP contribution in [0.2, 0.25) is 12.1 Å². The molecule has 10 nitrogen and oxygen atoms in total. The first-order chi connectivity index (χ1) is 17.4. The van der Waals surface area contributed by atoms with E-state index >= 15 is 0 Å². The van der Waals surface area contributed by atoms with Crippen LogP contribution in [0, 0.1) is 0 Å². The van der Waals surface area contributed by atoms with Crippen LogP contribution in [0.25, 0.3) is 0 Å². The van der Waals surface area contributed by atoms with E-state index in [0.29, 0.717) is 25.2 Å². The summed E-state index contributed by atoms with van der Waals surface area (Å²) in [7, 11) is 4.37. The molecule has 0 aliphatic rings. The quantitative estimate of drug-likeness (QED) is 0.114. The van der Waals surface area contributed by atoms with Gasteiger partial charge in [-0.05, 0) is 50.7 Å². The van der Waals surface area contributed by atoms with Crippen molar-refractivity contribution in [3.8, 4) is 0 Å². The van der Waals surface area contributed by atoms with Gasteiger partial charge in [-0.1, -0.05) is 25.0 Å². The van der Waals surface area contributed by atoms with Crippen LogP contribution in [0.5, 0.6) is 0 Å². The maximum Gasteiger partial charge on any atom is 0.500 e. The highest BCUT2D eigenvalue weighted by atomic mass is 28.4. The fraction of sp³-hybridized carbons (Fsp3) is 0.750. The molecule has 0 aromatic heterocycles. The zero-order valence-electron chi connectivity index (χ0n) is 23.1. The zero-order valence-corrected chi connectivity index (χ0v) is 25.1. The molecule has 0 saturated carbocycles. The molecular formula is C24H48N2O8Si2. The van der Waals surface area contributed by atoms with Crippen molar-refractivity contribution in [3.05, 3.63) is 24.3 Å². The fourth-order valence-electron chi connectivity index (χ4n) is 3.52. The number of hydrogen-bond acceptors (Lipinski definition) is 8. The smallest absolute Gasteiger partial charge is 0.377 e. The lowest BCUT2D eigenvalue weighted by molar-refractivity contribution is -0.117. The molecule has 2 N–H and O–H groups in total. The Hall–Kier alpha value is -1.39. The van der Waals surface area contributed by atoms with Crippen molar-refractivity contribution in [1.29, 1.82) is 0 Å². The van der Waals surface area contributed by atoms with Gasteiger partial charge in [0.2, 0.25) is 11.8 Å². The normalized spacial score (nSPS) is 12.5. The van der Waals surface area contributed by atoms with Gasteiger partial charge in [0.05, 0.1) is 0 Å². The maximum atomic E-state index is 11.9. The van der Waals surface area contributed by atoms with Crippen LogP contribution in [0.15, 0.2) is 24.3 Å². The molecule has 0 radical (unpaired) electrons. The average Bonchev–Trinajstić information content (AvgIpc) is 2.90. The second-order valence-corrected chi connectivity index (χ2v) is 14.4. The van der Waals surface area contributed by atoms with E-state index in [1.54, 1.807) is 54.8 Å². The predicted octanol–water partition coefficient (Wildman–Crippen LogP) is 3.21. The van der Waals surface area contributed by atoms with Crippen molar-refractivity contribution in [2.75, 3.05) is 55.7 Å². The van der Waals surface area contributed by atoms with Crippen LogP contribution < -0.4 is 10.6 Å². The van der Waals surface area contributed by atoms with Crippen LogP contribution >= 0.6 is 0 Å². The van der Waals surface area contributed by atoms with Gasteiger partial charge in [0.1, 0.15) is 0 Å². The lowest BCUT2D eigenvalue weighted by atomic mass is 10.1. The Kier molecular flexibility index (Phi) is 20.8. The Bertz CT molecular complexity index is 571. The highest BCUT2D eigenvalue weighted by Crippen LogP contribution is 2.15. The average molecular weight is 549 g/mol. The highest BCUT2D eigenvalue weighted by Gasteiger charge is 2.37. The van der Waals surface area contributed by atoms with Gasteiger partial charge in [0.15, 0.2) is 0 Å². The monoisotopic (exact) mass is 548 g/mol. The number of carbonyl (C=O) groups excluding carboxylic acids is 2. The van der Waals surface area contributed by atoms with Crippen LogP contribution in [0.4, 0.5) is 0 Å². The predicted molar refractivity (Wildman–Crippen MR) is 144 cm³/mol. The number of allylic oxidation sites excluding steroid dienone is 2. The molecule has 0 rings (SSSR count). The Morgan fingerprint density at radius 3 is 1.19 bits per heavy atom. The Balaban J connectivity index is 3.74. The summed E-state index contributed by atoms with van der Waals surface area (Å²) >= 11 is 0. The maximum absolute atomic E-state index is 11.9. The molecule has 0 aromatic rings. The minimum atomic E-state index is -2.57. The van der Waals surface area contributed by atoms with Crippen LogP contribution in [0.1, 0.15) is 51.4 Å². The summed E-state index contributed by atoms with van der Waals surface area (Å²) in [5.74, 6) is -0.175. The third-order valence-corrected chi connectivity index (χ3v) is 11.5. The summed E-state index contributed by atoms with van der Waals surface area (Å²) in [6.07, 6.45) is 14.5. The highest BCUT2D eigenvalue weighted by molar-refractivity contribution is 6.60. The van der Waals surface area contributed by atoms with Crippen molar-refractivity contribution < 1.29 is 36.1 Å². The van der Waals surface area contributed by atoms with Crippen LogP contribution in [-0.4, -0.2) is 85.2 Å². The summed E-state index contributed by atoms with van der Waals surface area (Å²) in [6.45, 7) is 1.11. The zero-order chi connectivity index (χ0) is 27.1. The molecule has 36 heavy (non-hydrogen) atoms. The summed E-state index contributed by atoms with van der Waals surface area (Å²) in [5, 5.41) is 5.73. The van der Waals surface area contributed by atoms with Gasteiger partial charge in [-0.25, -0.2) is 0 Å². The minimum absolute atomic E-state index is 0.0876. The molecule has 0 heterocycles. The summed E-state index contributed by atoms with van der Waals surface area (Å²) in [4.78, 5) is 23.7. The molecule has 0 atom stereocenters. The second kappa shape index (κ2) is 21.7. The van der Waals surface area contributed by atoms with Gasteiger partial charge < -0.3 is 37.2 Å². The molecule has 210 valence electrons. The first-order valence-electron chi connectivity index (χ1n) is 12.6. The fourth-order valence-corrected chi connectivity index (χ4v) is 6.97. The Morgan fingerprint density at radius 2 is 0.889 bits per heavy atom. The van der Waals surface area contributed by atoms with Gasteiger partial charge in [-0.2, -0.15) is 0 Å². The number of hydrogen-bond donors (Lipinski definition) is 2. The van der Waals surface area contributed by atoms with E-state index in [9.17, 15) is 9.59 Å². The lowest BCUT2D eigenvalue weighted by Gasteiger charge is -2.24. The van der Waals surface area contributed by atoms with E-state index in [1.165, 1.54) is 0 Å². The van der Waals surface area contributed by atoms with Gasteiger partial charge in [-0.3, -0.25) is 9.59 Å². The number of unbranched alkanes of at least 4 members (excludes halogenated alkanes) is 5. The summed E-state index contributed by atoms with van der Waals surface area (Å²) < 4.78 is 32.2.